The monoisotopic (exact) mass is 337 g/mol. The lowest BCUT2D eigenvalue weighted by molar-refractivity contribution is -0.151. The first-order chi connectivity index (χ1) is 11.2. The molecule has 1 aliphatic heterocycles. The van der Waals surface area contributed by atoms with E-state index >= 15 is 0 Å². The average Bonchev–Trinajstić information content (AvgIpc) is 2.74. The van der Waals surface area contributed by atoms with E-state index in [9.17, 15) is 14.4 Å². The number of carboxylic acids is 1. The van der Waals surface area contributed by atoms with Crippen LogP contribution in [0.4, 0.5) is 0 Å². The lowest BCUT2D eigenvalue weighted by atomic mass is 9.76. The number of ether oxygens (including phenoxy) is 1. The Bertz CT molecular complexity index is 566. The molecule has 2 N–H and O–H groups in total. The zero-order valence-corrected chi connectivity index (χ0v) is 14.8. The van der Waals surface area contributed by atoms with Crippen molar-refractivity contribution in [3.05, 3.63) is 11.3 Å². The molecule has 1 amide bonds. The third-order valence-corrected chi connectivity index (χ3v) is 5.34. The highest BCUT2D eigenvalue weighted by Crippen LogP contribution is 2.36. The number of carbonyl (C=O) groups excluding carboxylic acids is 2. The lowest BCUT2D eigenvalue weighted by Gasteiger charge is -2.35. The quantitative estimate of drug-likeness (QED) is 0.752. The maximum atomic E-state index is 12.6. The number of nitrogens with one attached hydrogen (secondary N) is 1. The summed E-state index contributed by atoms with van der Waals surface area (Å²) >= 11 is 0. The number of hydrogen-bond acceptors (Lipinski definition) is 4. The third kappa shape index (κ3) is 3.97. The Morgan fingerprint density at radius 2 is 2.00 bits per heavy atom. The summed E-state index contributed by atoms with van der Waals surface area (Å²) < 4.78 is 5.72. The average molecular weight is 337 g/mol. The third-order valence-electron chi connectivity index (χ3n) is 5.34. The second kappa shape index (κ2) is 7.36. The molecule has 6 nitrogen and oxygen atoms in total. The zero-order valence-electron chi connectivity index (χ0n) is 14.8. The molecule has 4 atom stereocenters. The zero-order chi connectivity index (χ0) is 18.0. The Kier molecular flexibility index (Phi) is 5.67. The number of carbonyl (C=O) groups is 3. The highest BCUT2D eigenvalue weighted by Gasteiger charge is 2.40. The Morgan fingerprint density at radius 3 is 2.58 bits per heavy atom. The molecule has 0 aromatic carbocycles. The number of allylic oxidation sites excluding steroid dienone is 1. The number of esters is 1. The summed E-state index contributed by atoms with van der Waals surface area (Å²) in [5.41, 5.74) is 0.571. The van der Waals surface area contributed by atoms with E-state index in [0.717, 1.165) is 19.3 Å². The number of hydrogen-bond donors (Lipinski definition) is 2. The first kappa shape index (κ1) is 18.5. The minimum Gasteiger partial charge on any atom is -0.481 e. The second-order valence-corrected chi connectivity index (χ2v) is 7.42. The Morgan fingerprint density at radius 1 is 1.33 bits per heavy atom. The van der Waals surface area contributed by atoms with Crippen molar-refractivity contribution in [1.29, 1.82) is 0 Å². The topological polar surface area (TPSA) is 92.7 Å². The molecular weight excluding hydrogens is 310 g/mol. The molecule has 134 valence electrons. The van der Waals surface area contributed by atoms with E-state index in [0.29, 0.717) is 17.5 Å². The van der Waals surface area contributed by atoms with Gasteiger partial charge in [0.25, 0.3) is 0 Å². The summed E-state index contributed by atoms with van der Waals surface area (Å²) in [6.45, 7) is 8.03. The van der Waals surface area contributed by atoms with E-state index in [-0.39, 0.29) is 17.6 Å². The first-order valence-electron chi connectivity index (χ1n) is 8.65. The normalized spacial score (nSPS) is 30.5. The second-order valence-electron chi connectivity index (χ2n) is 7.42. The van der Waals surface area contributed by atoms with Gasteiger partial charge in [0.15, 0.2) is 0 Å². The van der Waals surface area contributed by atoms with E-state index in [1.165, 1.54) is 0 Å². The molecule has 0 spiro atoms. The Balaban J connectivity index is 2.11. The van der Waals surface area contributed by atoms with Crippen molar-refractivity contribution in [1.82, 2.24) is 5.32 Å². The standard InChI is InChI=1S/C18H27NO5/c1-9(2)12-6-5-10(3)14(7-12)24-18(23)16-11(4)19-17(22)13(16)8-15(20)21/h9-10,12-14H,5-8H2,1-4H3,(H,19,22)(H,20,21)/t10-,12+,13-,14-/m0/s1. The van der Waals surface area contributed by atoms with Crippen LogP contribution in [0.5, 0.6) is 0 Å². The van der Waals surface area contributed by atoms with Crippen molar-refractivity contribution in [2.75, 3.05) is 0 Å². The maximum absolute atomic E-state index is 12.6. The molecule has 0 saturated heterocycles. The maximum Gasteiger partial charge on any atom is 0.336 e. The summed E-state index contributed by atoms with van der Waals surface area (Å²) in [6, 6.07) is 0. The van der Waals surface area contributed by atoms with Gasteiger partial charge in [-0.1, -0.05) is 20.8 Å². The molecule has 0 aromatic heterocycles. The van der Waals surface area contributed by atoms with Gasteiger partial charge in [-0.25, -0.2) is 4.79 Å². The van der Waals surface area contributed by atoms with Gasteiger partial charge in [0.2, 0.25) is 5.91 Å². The summed E-state index contributed by atoms with van der Waals surface area (Å²) in [7, 11) is 0. The molecule has 0 bridgehead atoms. The van der Waals surface area contributed by atoms with E-state index in [1.807, 2.05) is 0 Å². The van der Waals surface area contributed by atoms with Crippen molar-refractivity contribution in [3.8, 4) is 0 Å². The van der Waals surface area contributed by atoms with Crippen molar-refractivity contribution in [2.45, 2.75) is 59.5 Å². The molecule has 1 saturated carbocycles. The van der Waals surface area contributed by atoms with Crippen LogP contribution >= 0.6 is 0 Å². The summed E-state index contributed by atoms with van der Waals surface area (Å²) in [6.07, 6.45) is 2.38. The molecule has 0 unspecified atom stereocenters. The van der Waals surface area contributed by atoms with Gasteiger partial charge >= 0.3 is 11.9 Å². The van der Waals surface area contributed by atoms with Gasteiger partial charge < -0.3 is 15.2 Å². The van der Waals surface area contributed by atoms with E-state index < -0.39 is 30.2 Å². The van der Waals surface area contributed by atoms with Crippen LogP contribution < -0.4 is 5.32 Å². The number of amides is 1. The van der Waals surface area contributed by atoms with Gasteiger partial charge in [0.1, 0.15) is 6.10 Å². The SMILES string of the molecule is CC1=C(C(=O)O[C@H]2C[C@H](C(C)C)CC[C@@H]2C)[C@H](CC(=O)O)C(=O)N1. The van der Waals surface area contributed by atoms with Crippen LogP contribution in [0.3, 0.4) is 0 Å². The van der Waals surface area contributed by atoms with Gasteiger partial charge in [-0.15, -0.1) is 0 Å². The molecule has 0 radical (unpaired) electrons. The van der Waals surface area contributed by atoms with Crippen LogP contribution in [0.15, 0.2) is 11.3 Å². The molecule has 2 aliphatic rings. The molecule has 0 aromatic rings. The van der Waals surface area contributed by atoms with Crippen LogP contribution in [-0.2, 0) is 19.1 Å². The fourth-order valence-corrected chi connectivity index (χ4v) is 3.68. The smallest absolute Gasteiger partial charge is 0.336 e. The van der Waals surface area contributed by atoms with E-state index in [1.54, 1.807) is 6.92 Å². The van der Waals surface area contributed by atoms with Crippen LogP contribution in [0.25, 0.3) is 0 Å². The van der Waals surface area contributed by atoms with Crippen LogP contribution in [0, 0.1) is 23.7 Å². The highest BCUT2D eigenvalue weighted by atomic mass is 16.5. The number of carboxylic acid groups (broad SMARTS) is 1. The Labute approximate surface area is 142 Å². The van der Waals surface area contributed by atoms with Gasteiger partial charge in [-0.05, 0) is 43.9 Å². The van der Waals surface area contributed by atoms with Gasteiger partial charge in [-0.2, -0.15) is 0 Å². The molecule has 24 heavy (non-hydrogen) atoms. The minimum atomic E-state index is -1.11. The molecule has 1 fully saturated rings. The largest absolute Gasteiger partial charge is 0.481 e. The van der Waals surface area contributed by atoms with Gasteiger partial charge in [0.05, 0.1) is 17.9 Å². The van der Waals surface area contributed by atoms with Crippen LogP contribution in [0.1, 0.15) is 53.4 Å². The predicted octanol–water partition coefficient (Wildman–Crippen LogP) is 2.49. The minimum absolute atomic E-state index is 0.168. The Hall–Kier alpha value is -1.85. The molecular formula is C18H27NO5. The van der Waals surface area contributed by atoms with Crippen molar-refractivity contribution in [2.24, 2.45) is 23.7 Å². The van der Waals surface area contributed by atoms with Crippen molar-refractivity contribution >= 4 is 17.8 Å². The predicted molar refractivity (Wildman–Crippen MR) is 87.8 cm³/mol. The summed E-state index contributed by atoms with van der Waals surface area (Å²) in [5.74, 6) is -1.75. The van der Waals surface area contributed by atoms with E-state index in [4.69, 9.17) is 9.84 Å². The van der Waals surface area contributed by atoms with Crippen molar-refractivity contribution in [3.63, 3.8) is 0 Å². The highest BCUT2D eigenvalue weighted by molar-refractivity contribution is 6.03. The number of aliphatic carboxylic acids is 1. The van der Waals surface area contributed by atoms with Crippen molar-refractivity contribution < 1.29 is 24.2 Å². The summed E-state index contributed by atoms with van der Waals surface area (Å²) in [4.78, 5) is 35.5. The van der Waals surface area contributed by atoms with Crippen LogP contribution in [-0.4, -0.2) is 29.1 Å². The molecule has 2 rings (SSSR count). The molecule has 1 heterocycles. The van der Waals surface area contributed by atoms with Gasteiger partial charge in [0, 0.05) is 5.70 Å². The summed E-state index contributed by atoms with van der Waals surface area (Å²) in [5, 5.41) is 11.5. The van der Waals surface area contributed by atoms with Gasteiger partial charge in [-0.3, -0.25) is 9.59 Å². The number of rotatable bonds is 5. The fourth-order valence-electron chi connectivity index (χ4n) is 3.68. The lowest BCUT2D eigenvalue weighted by Crippen LogP contribution is -2.35. The van der Waals surface area contributed by atoms with Crippen LogP contribution in [0.2, 0.25) is 0 Å². The fraction of sp³-hybridized carbons (Fsp3) is 0.722. The molecule has 1 aliphatic carbocycles. The molecule has 6 heteroatoms. The van der Waals surface area contributed by atoms with E-state index in [2.05, 4.69) is 26.1 Å². The first-order valence-corrected chi connectivity index (χ1v) is 8.65.